The van der Waals surface area contributed by atoms with E-state index in [1.165, 1.54) is 7.11 Å². The fraction of sp³-hybridized carbons (Fsp3) is 0.600. The molecule has 1 atom stereocenters. The Kier molecular flexibility index (Phi) is 3.99. The van der Waals surface area contributed by atoms with Crippen molar-refractivity contribution in [2.75, 3.05) is 32.6 Å². The highest BCUT2D eigenvalue weighted by Crippen LogP contribution is 2.22. The molecule has 0 aliphatic carbocycles. The normalized spacial score (nSPS) is 23.6. The Hall–Kier alpha value is -1.29. The average molecular weight is 288 g/mol. The largest absolute Gasteiger partial charge is 0.378 e. The highest BCUT2D eigenvalue weighted by Gasteiger charge is 2.36. The number of nitrogens with two attached hydrogens (primary N) is 1. The van der Waals surface area contributed by atoms with Crippen LogP contribution in [0, 0.1) is 0 Å². The first kappa shape index (κ1) is 14.1. The predicted octanol–water partition coefficient (Wildman–Crippen LogP) is -0.857. The van der Waals surface area contributed by atoms with Gasteiger partial charge in [0.1, 0.15) is 10.5 Å². The average Bonchev–Trinajstić information content (AvgIpc) is 2.87. The van der Waals surface area contributed by atoms with Gasteiger partial charge in [-0.15, -0.1) is 0 Å². The van der Waals surface area contributed by atoms with Gasteiger partial charge in [-0.2, -0.15) is 0 Å². The number of rotatable bonds is 5. The lowest BCUT2D eigenvalue weighted by Gasteiger charge is -2.25. The number of nitrogen functional groups attached to an aromatic ring is 1. The van der Waals surface area contributed by atoms with Gasteiger partial charge in [-0.1, -0.05) is 0 Å². The molecule has 0 bridgehead atoms. The number of sulfonamides is 1. The van der Waals surface area contributed by atoms with E-state index < -0.39 is 15.6 Å². The van der Waals surface area contributed by atoms with Crippen molar-refractivity contribution in [3.63, 3.8) is 0 Å². The molecule has 3 N–H and O–H groups in total. The van der Waals surface area contributed by atoms with Crippen LogP contribution < -0.4 is 10.5 Å². The molecule has 0 aromatic carbocycles. The van der Waals surface area contributed by atoms with Crippen molar-refractivity contribution < 1.29 is 17.9 Å². The zero-order valence-electron chi connectivity index (χ0n) is 10.5. The molecule has 1 aliphatic heterocycles. The van der Waals surface area contributed by atoms with E-state index in [9.17, 15) is 8.42 Å². The number of methoxy groups -OCH3 is 1. The minimum Gasteiger partial charge on any atom is -0.378 e. The van der Waals surface area contributed by atoms with Crippen molar-refractivity contribution in [3.8, 4) is 0 Å². The van der Waals surface area contributed by atoms with Gasteiger partial charge in [0.25, 0.3) is 0 Å². The van der Waals surface area contributed by atoms with Crippen LogP contribution in [0.3, 0.4) is 0 Å². The second-order valence-electron chi connectivity index (χ2n) is 4.29. The number of aromatic nitrogens is 2. The van der Waals surface area contributed by atoms with Gasteiger partial charge < -0.3 is 15.2 Å². The first-order valence-electron chi connectivity index (χ1n) is 5.68. The summed E-state index contributed by atoms with van der Waals surface area (Å²) in [6, 6.07) is 0. The number of anilines is 1. The summed E-state index contributed by atoms with van der Waals surface area (Å²) in [6.45, 7) is 1.06. The quantitative estimate of drug-likeness (QED) is 0.724. The van der Waals surface area contributed by atoms with Crippen molar-refractivity contribution >= 4 is 16.0 Å². The van der Waals surface area contributed by atoms with Crippen LogP contribution in [0.1, 0.15) is 6.42 Å². The molecule has 1 fully saturated rings. The minimum absolute atomic E-state index is 0.0245. The van der Waals surface area contributed by atoms with E-state index in [1.807, 2.05) is 0 Å². The Labute approximate surface area is 111 Å². The van der Waals surface area contributed by atoms with Crippen LogP contribution in [0.25, 0.3) is 0 Å². The monoisotopic (exact) mass is 288 g/mol. The summed E-state index contributed by atoms with van der Waals surface area (Å²) in [5, 5.41) is 0. The lowest BCUT2D eigenvalue weighted by atomic mass is 10.0. The molecule has 1 aromatic rings. The third-order valence-corrected chi connectivity index (χ3v) is 4.40. The zero-order valence-corrected chi connectivity index (χ0v) is 11.3. The van der Waals surface area contributed by atoms with Crippen LogP contribution in [0.5, 0.6) is 0 Å². The van der Waals surface area contributed by atoms with E-state index in [2.05, 4.69) is 14.7 Å². The third-order valence-electron chi connectivity index (χ3n) is 3.04. The van der Waals surface area contributed by atoms with Crippen LogP contribution >= 0.6 is 0 Å². The van der Waals surface area contributed by atoms with Crippen molar-refractivity contribution in [3.05, 3.63) is 12.4 Å². The molecule has 106 valence electrons. The molecule has 0 spiro atoms. The van der Waals surface area contributed by atoms with Gasteiger partial charge in [0, 0.05) is 26.7 Å². The van der Waals surface area contributed by atoms with E-state index in [0.717, 1.165) is 12.4 Å². The second kappa shape index (κ2) is 5.37. The lowest BCUT2D eigenvalue weighted by molar-refractivity contribution is -0.0120. The van der Waals surface area contributed by atoms with Crippen LogP contribution in [0.2, 0.25) is 0 Å². The van der Waals surface area contributed by atoms with Gasteiger partial charge in [-0.05, 0) is 0 Å². The van der Waals surface area contributed by atoms with Crippen molar-refractivity contribution in [1.29, 1.82) is 0 Å². The molecule has 9 heteroatoms. The Morgan fingerprint density at radius 2 is 2.21 bits per heavy atom. The number of hydrogen-bond acceptors (Lipinski definition) is 7. The van der Waals surface area contributed by atoms with E-state index in [4.69, 9.17) is 15.2 Å². The minimum atomic E-state index is -3.68. The van der Waals surface area contributed by atoms with E-state index in [1.54, 1.807) is 0 Å². The van der Waals surface area contributed by atoms with E-state index in [0.29, 0.717) is 19.6 Å². The van der Waals surface area contributed by atoms with Crippen molar-refractivity contribution in [2.45, 2.75) is 16.9 Å². The third kappa shape index (κ3) is 3.18. The molecular formula is C10H16N4O4S. The maximum atomic E-state index is 12.0. The van der Waals surface area contributed by atoms with Crippen molar-refractivity contribution in [1.82, 2.24) is 14.7 Å². The fourth-order valence-electron chi connectivity index (χ4n) is 1.74. The molecule has 1 saturated heterocycles. The molecule has 1 unspecified atom stereocenters. The van der Waals surface area contributed by atoms with Crippen LogP contribution in [0.15, 0.2) is 17.3 Å². The standard InChI is InChI=1S/C10H16N4O4S/c1-17-10(2-3-18-7-10)6-14-19(15,16)8-4-12-9(11)13-5-8/h4-5,14H,2-3,6-7H2,1H3,(H2,11,12,13). The smallest absolute Gasteiger partial charge is 0.243 e. The number of nitrogens with one attached hydrogen (secondary N) is 1. The highest BCUT2D eigenvalue weighted by molar-refractivity contribution is 7.89. The first-order chi connectivity index (χ1) is 8.97. The Morgan fingerprint density at radius 1 is 1.53 bits per heavy atom. The summed E-state index contributed by atoms with van der Waals surface area (Å²) >= 11 is 0. The van der Waals surface area contributed by atoms with Gasteiger partial charge in [0.2, 0.25) is 16.0 Å². The lowest BCUT2D eigenvalue weighted by Crippen LogP contribution is -2.44. The van der Waals surface area contributed by atoms with Gasteiger partial charge >= 0.3 is 0 Å². The molecule has 0 radical (unpaired) electrons. The van der Waals surface area contributed by atoms with Gasteiger partial charge in [-0.25, -0.2) is 23.1 Å². The molecule has 0 amide bonds. The predicted molar refractivity (Wildman–Crippen MR) is 66.8 cm³/mol. The van der Waals surface area contributed by atoms with Gasteiger partial charge in [0.05, 0.1) is 19.0 Å². The molecule has 8 nitrogen and oxygen atoms in total. The van der Waals surface area contributed by atoms with Crippen molar-refractivity contribution in [2.24, 2.45) is 0 Å². The molecule has 2 rings (SSSR count). The Morgan fingerprint density at radius 3 is 2.74 bits per heavy atom. The summed E-state index contributed by atoms with van der Waals surface area (Å²) < 4.78 is 37.1. The number of nitrogens with zero attached hydrogens (tertiary/aromatic N) is 2. The van der Waals surface area contributed by atoms with Gasteiger partial charge in [0.15, 0.2) is 0 Å². The Bertz CT molecular complexity index is 525. The van der Waals surface area contributed by atoms with Gasteiger partial charge in [-0.3, -0.25) is 0 Å². The molecule has 19 heavy (non-hydrogen) atoms. The molecule has 2 heterocycles. The summed E-state index contributed by atoms with van der Waals surface area (Å²) in [5.41, 5.74) is 4.70. The molecular weight excluding hydrogens is 272 g/mol. The fourth-order valence-corrected chi connectivity index (χ4v) is 2.74. The summed E-state index contributed by atoms with van der Waals surface area (Å²) in [4.78, 5) is 7.27. The maximum absolute atomic E-state index is 12.0. The topological polar surface area (TPSA) is 116 Å². The highest BCUT2D eigenvalue weighted by atomic mass is 32.2. The first-order valence-corrected chi connectivity index (χ1v) is 7.16. The summed E-state index contributed by atoms with van der Waals surface area (Å²) in [6.07, 6.45) is 2.97. The van der Waals surface area contributed by atoms with E-state index >= 15 is 0 Å². The zero-order chi connectivity index (χ0) is 13.9. The second-order valence-corrected chi connectivity index (χ2v) is 6.06. The maximum Gasteiger partial charge on any atom is 0.243 e. The molecule has 1 aliphatic rings. The van der Waals surface area contributed by atoms with E-state index in [-0.39, 0.29) is 17.4 Å². The van der Waals surface area contributed by atoms with Crippen LogP contribution in [-0.2, 0) is 19.5 Å². The molecule has 1 aromatic heterocycles. The summed E-state index contributed by atoms with van der Waals surface area (Å²) in [7, 11) is -2.14. The summed E-state index contributed by atoms with van der Waals surface area (Å²) in [5.74, 6) is 0.0245. The van der Waals surface area contributed by atoms with Crippen LogP contribution in [-0.4, -0.2) is 50.9 Å². The Balaban J connectivity index is 2.07. The molecule has 0 saturated carbocycles. The number of ether oxygens (including phenoxy) is 2. The SMILES string of the molecule is COC1(CNS(=O)(=O)c2cnc(N)nc2)CCOC1. The number of hydrogen-bond donors (Lipinski definition) is 2. The van der Waals surface area contributed by atoms with Crippen LogP contribution in [0.4, 0.5) is 5.95 Å².